The molecule has 1 aliphatic heterocycles. The van der Waals surface area contributed by atoms with Gasteiger partial charge < -0.3 is 14.2 Å². The van der Waals surface area contributed by atoms with E-state index in [1.807, 2.05) is 6.92 Å². The number of hydrogen-bond donors (Lipinski definition) is 2. The van der Waals surface area contributed by atoms with Crippen molar-refractivity contribution in [2.45, 2.75) is 26.2 Å². The first-order chi connectivity index (χ1) is 9.81. The molecule has 20 heavy (non-hydrogen) atoms. The molecule has 0 unspecified atom stereocenters. The normalized spacial score (nSPS) is 15.9. The number of ether oxygens (including phenoxy) is 3. The van der Waals surface area contributed by atoms with Crippen LogP contribution < -0.4 is 20.7 Å². The maximum atomic E-state index is 5.62. The summed E-state index contributed by atoms with van der Waals surface area (Å²) in [5, 5.41) is 0. The van der Waals surface area contributed by atoms with Gasteiger partial charge in [-0.05, 0) is 25.2 Å². The lowest BCUT2D eigenvalue weighted by Gasteiger charge is -2.21. The van der Waals surface area contributed by atoms with Crippen molar-refractivity contribution < 1.29 is 14.2 Å². The third kappa shape index (κ3) is 4.46. The molecule has 0 saturated carbocycles. The minimum Gasteiger partial charge on any atom is -0.463 e. The molecular formula is C12H21N5O3. The average molecular weight is 283 g/mol. The summed E-state index contributed by atoms with van der Waals surface area (Å²) in [4.78, 5) is 12.2. The molecule has 0 aromatic carbocycles. The smallest absolute Gasteiger partial charge is 0.324 e. The van der Waals surface area contributed by atoms with Crippen LogP contribution in [0, 0.1) is 5.92 Å². The van der Waals surface area contributed by atoms with E-state index in [1.165, 1.54) is 0 Å². The zero-order chi connectivity index (χ0) is 14.2. The fourth-order valence-electron chi connectivity index (χ4n) is 1.83. The molecule has 1 fully saturated rings. The van der Waals surface area contributed by atoms with E-state index in [2.05, 4.69) is 20.4 Å². The zero-order valence-electron chi connectivity index (χ0n) is 11.7. The van der Waals surface area contributed by atoms with Gasteiger partial charge in [-0.1, -0.05) is 6.92 Å². The van der Waals surface area contributed by atoms with Crippen LogP contribution in [0.1, 0.15) is 26.2 Å². The van der Waals surface area contributed by atoms with Gasteiger partial charge in [-0.25, -0.2) is 5.84 Å². The van der Waals surface area contributed by atoms with E-state index < -0.39 is 0 Å². The summed E-state index contributed by atoms with van der Waals surface area (Å²) in [6.07, 6.45) is 2.86. The molecule has 8 heteroatoms. The molecule has 2 heterocycles. The van der Waals surface area contributed by atoms with Crippen molar-refractivity contribution in [1.29, 1.82) is 0 Å². The van der Waals surface area contributed by atoms with E-state index in [4.69, 9.17) is 20.1 Å². The predicted molar refractivity (Wildman–Crippen MR) is 72.5 cm³/mol. The molecular weight excluding hydrogens is 262 g/mol. The van der Waals surface area contributed by atoms with Gasteiger partial charge in [-0.3, -0.25) is 5.43 Å². The first-order valence-electron chi connectivity index (χ1n) is 6.88. The van der Waals surface area contributed by atoms with Crippen molar-refractivity contribution in [1.82, 2.24) is 15.0 Å². The van der Waals surface area contributed by atoms with Crippen molar-refractivity contribution in [2.24, 2.45) is 11.8 Å². The molecule has 8 nitrogen and oxygen atoms in total. The number of anilines is 1. The van der Waals surface area contributed by atoms with Crippen LogP contribution in [0.15, 0.2) is 0 Å². The zero-order valence-corrected chi connectivity index (χ0v) is 11.7. The monoisotopic (exact) mass is 283 g/mol. The second-order valence-electron chi connectivity index (χ2n) is 4.58. The van der Waals surface area contributed by atoms with Gasteiger partial charge in [0.25, 0.3) is 0 Å². The van der Waals surface area contributed by atoms with Gasteiger partial charge >= 0.3 is 12.0 Å². The summed E-state index contributed by atoms with van der Waals surface area (Å²) in [5.74, 6) is 6.02. The van der Waals surface area contributed by atoms with Crippen LogP contribution in [0.2, 0.25) is 0 Å². The molecule has 3 N–H and O–H groups in total. The molecule has 1 aromatic rings. The number of hydrazine groups is 1. The van der Waals surface area contributed by atoms with Crippen LogP contribution in [0.3, 0.4) is 0 Å². The molecule has 1 aromatic heterocycles. The minimum atomic E-state index is 0.219. The van der Waals surface area contributed by atoms with Crippen LogP contribution in [0.25, 0.3) is 0 Å². The van der Waals surface area contributed by atoms with Crippen LogP contribution in [-0.2, 0) is 4.74 Å². The van der Waals surface area contributed by atoms with Crippen molar-refractivity contribution in [3.8, 4) is 12.0 Å². The topological polar surface area (TPSA) is 104 Å². The summed E-state index contributed by atoms with van der Waals surface area (Å²) in [6, 6.07) is 0.447. The molecule has 0 aliphatic carbocycles. The summed E-state index contributed by atoms with van der Waals surface area (Å²) in [7, 11) is 0. The lowest BCUT2D eigenvalue weighted by atomic mass is 10.0. The second kappa shape index (κ2) is 7.81. The molecule has 0 amide bonds. The number of aromatic nitrogens is 3. The lowest BCUT2D eigenvalue weighted by molar-refractivity contribution is 0.0480. The third-order valence-corrected chi connectivity index (χ3v) is 2.95. The van der Waals surface area contributed by atoms with E-state index in [0.29, 0.717) is 19.1 Å². The van der Waals surface area contributed by atoms with Gasteiger partial charge in [0.1, 0.15) is 0 Å². The average Bonchev–Trinajstić information content (AvgIpc) is 2.51. The lowest BCUT2D eigenvalue weighted by Crippen LogP contribution is -2.22. The summed E-state index contributed by atoms with van der Waals surface area (Å²) in [5.41, 5.74) is 2.38. The summed E-state index contributed by atoms with van der Waals surface area (Å²) < 4.78 is 16.3. The Balaban J connectivity index is 1.94. The molecule has 0 bridgehead atoms. The van der Waals surface area contributed by atoms with E-state index in [9.17, 15) is 0 Å². The molecule has 0 spiro atoms. The fourth-order valence-corrected chi connectivity index (χ4v) is 1.83. The molecule has 1 aliphatic rings. The maximum Gasteiger partial charge on any atom is 0.324 e. The Labute approximate surface area is 118 Å². The first kappa shape index (κ1) is 14.7. The fraction of sp³-hybridized carbons (Fsp3) is 0.750. The number of nitrogens with one attached hydrogen (secondary N) is 1. The van der Waals surface area contributed by atoms with E-state index in [-0.39, 0.29) is 18.0 Å². The SMILES string of the molecule is CCCOc1nc(NN)nc(OCC2CCOCC2)n1. The van der Waals surface area contributed by atoms with E-state index in [0.717, 1.165) is 32.5 Å². The van der Waals surface area contributed by atoms with Crippen LogP contribution >= 0.6 is 0 Å². The molecule has 112 valence electrons. The summed E-state index contributed by atoms with van der Waals surface area (Å²) in [6.45, 7) is 4.67. The first-order valence-corrected chi connectivity index (χ1v) is 6.88. The number of nitrogens with zero attached hydrogens (tertiary/aromatic N) is 3. The van der Waals surface area contributed by atoms with E-state index >= 15 is 0 Å². The quantitative estimate of drug-likeness (QED) is 0.558. The van der Waals surface area contributed by atoms with Gasteiger partial charge in [-0.2, -0.15) is 9.97 Å². The number of nitrogens with two attached hydrogens (primary N) is 1. The van der Waals surface area contributed by atoms with Gasteiger partial charge in [0, 0.05) is 13.2 Å². The minimum absolute atomic E-state index is 0.219. The Morgan fingerprint density at radius 3 is 2.55 bits per heavy atom. The standard InChI is InChI=1S/C12H21N5O3/c1-2-5-19-11-14-10(17-13)15-12(16-11)20-8-9-3-6-18-7-4-9/h9H,2-8,13H2,1H3,(H,14,15,16,17). The van der Waals surface area contributed by atoms with E-state index in [1.54, 1.807) is 0 Å². The van der Waals surface area contributed by atoms with Gasteiger partial charge in [0.15, 0.2) is 0 Å². The highest BCUT2D eigenvalue weighted by Crippen LogP contribution is 2.17. The second-order valence-corrected chi connectivity index (χ2v) is 4.58. The molecule has 1 saturated heterocycles. The Morgan fingerprint density at radius 1 is 1.20 bits per heavy atom. The number of nitrogen functional groups attached to an aromatic ring is 1. The molecule has 2 rings (SSSR count). The summed E-state index contributed by atoms with van der Waals surface area (Å²) >= 11 is 0. The van der Waals surface area contributed by atoms with Crippen molar-refractivity contribution in [3.63, 3.8) is 0 Å². The molecule has 0 radical (unpaired) electrons. The van der Waals surface area contributed by atoms with Gasteiger partial charge in [0.2, 0.25) is 5.95 Å². The Hall–Kier alpha value is -1.67. The number of rotatable bonds is 7. The van der Waals surface area contributed by atoms with Crippen molar-refractivity contribution >= 4 is 5.95 Å². The van der Waals surface area contributed by atoms with Gasteiger partial charge in [0.05, 0.1) is 13.2 Å². The van der Waals surface area contributed by atoms with Crippen LogP contribution in [0.5, 0.6) is 12.0 Å². The highest BCUT2D eigenvalue weighted by molar-refractivity contribution is 5.25. The molecule has 0 atom stereocenters. The highest BCUT2D eigenvalue weighted by Gasteiger charge is 2.16. The van der Waals surface area contributed by atoms with Gasteiger partial charge in [-0.15, -0.1) is 4.98 Å². The van der Waals surface area contributed by atoms with Crippen LogP contribution in [0.4, 0.5) is 5.95 Å². The third-order valence-electron chi connectivity index (χ3n) is 2.95. The Bertz CT molecular complexity index is 412. The maximum absolute atomic E-state index is 5.62. The Kier molecular flexibility index (Phi) is 5.75. The van der Waals surface area contributed by atoms with Crippen LogP contribution in [-0.4, -0.2) is 41.4 Å². The number of hydrogen-bond acceptors (Lipinski definition) is 8. The predicted octanol–water partition coefficient (Wildman–Crippen LogP) is 0.751. The highest BCUT2D eigenvalue weighted by atomic mass is 16.5. The largest absolute Gasteiger partial charge is 0.463 e. The van der Waals surface area contributed by atoms with Crippen molar-refractivity contribution in [2.75, 3.05) is 31.9 Å². The van der Waals surface area contributed by atoms with Crippen molar-refractivity contribution in [3.05, 3.63) is 0 Å². The Morgan fingerprint density at radius 2 is 1.90 bits per heavy atom.